The summed E-state index contributed by atoms with van der Waals surface area (Å²) in [6.45, 7) is 7.45. The number of aromatic nitrogens is 2. The van der Waals surface area contributed by atoms with E-state index < -0.39 is 0 Å². The van der Waals surface area contributed by atoms with E-state index in [0.717, 1.165) is 24.7 Å². The van der Waals surface area contributed by atoms with Crippen LogP contribution in [0.4, 0.5) is 5.82 Å². The van der Waals surface area contributed by atoms with Gasteiger partial charge in [0, 0.05) is 37.2 Å². The molecule has 2 aliphatic carbocycles. The average molecular weight is 275 g/mol. The smallest absolute Gasteiger partial charge is 0.133 e. The molecule has 0 aliphatic heterocycles. The highest BCUT2D eigenvalue weighted by molar-refractivity contribution is 5.41. The van der Waals surface area contributed by atoms with E-state index in [1.165, 1.54) is 12.8 Å². The van der Waals surface area contributed by atoms with Gasteiger partial charge in [0.1, 0.15) is 11.6 Å². The highest BCUT2D eigenvalue weighted by Crippen LogP contribution is 2.46. The van der Waals surface area contributed by atoms with E-state index in [9.17, 15) is 0 Å². The zero-order chi connectivity index (χ0) is 14.3. The monoisotopic (exact) mass is 275 g/mol. The van der Waals surface area contributed by atoms with Crippen LogP contribution in [0.5, 0.6) is 0 Å². The predicted molar refractivity (Wildman–Crippen MR) is 80.0 cm³/mol. The summed E-state index contributed by atoms with van der Waals surface area (Å²) in [5.74, 6) is 2.68. The standard InChI is InChI=1S/C16H25N3O/c1-5-20-13-10-12(16(13,2)3)19(4)14-8-9-17-15(18-14)11-6-7-11/h8-9,11-13H,5-7,10H2,1-4H3. The summed E-state index contributed by atoms with van der Waals surface area (Å²) in [6, 6.07) is 2.51. The van der Waals surface area contributed by atoms with Crippen molar-refractivity contribution >= 4 is 5.82 Å². The molecule has 2 saturated carbocycles. The molecule has 2 atom stereocenters. The SMILES string of the molecule is CCOC1CC(N(C)c2ccnc(C3CC3)n2)C1(C)C. The first-order valence-electron chi connectivity index (χ1n) is 7.71. The van der Waals surface area contributed by atoms with E-state index in [4.69, 9.17) is 9.72 Å². The molecule has 110 valence electrons. The van der Waals surface area contributed by atoms with Gasteiger partial charge in [0.2, 0.25) is 0 Å². The largest absolute Gasteiger partial charge is 0.378 e. The molecule has 1 aromatic heterocycles. The normalized spacial score (nSPS) is 28.0. The van der Waals surface area contributed by atoms with Crippen molar-refractivity contribution in [2.75, 3.05) is 18.6 Å². The van der Waals surface area contributed by atoms with Crippen molar-refractivity contribution in [1.29, 1.82) is 0 Å². The van der Waals surface area contributed by atoms with Crippen LogP contribution < -0.4 is 4.90 Å². The Hall–Kier alpha value is -1.16. The van der Waals surface area contributed by atoms with Gasteiger partial charge < -0.3 is 9.64 Å². The summed E-state index contributed by atoms with van der Waals surface area (Å²) in [4.78, 5) is 11.5. The predicted octanol–water partition coefficient (Wildman–Crippen LogP) is 2.99. The van der Waals surface area contributed by atoms with Gasteiger partial charge in [-0.05, 0) is 32.3 Å². The molecule has 0 amide bonds. The first-order valence-corrected chi connectivity index (χ1v) is 7.71. The highest BCUT2D eigenvalue weighted by atomic mass is 16.5. The second-order valence-corrected chi connectivity index (χ2v) is 6.68. The van der Waals surface area contributed by atoms with Crippen LogP contribution in [0.15, 0.2) is 12.3 Å². The maximum atomic E-state index is 5.82. The Balaban J connectivity index is 1.73. The molecule has 20 heavy (non-hydrogen) atoms. The molecule has 0 saturated heterocycles. The van der Waals surface area contributed by atoms with Crippen molar-refractivity contribution in [1.82, 2.24) is 9.97 Å². The fourth-order valence-electron chi connectivity index (χ4n) is 3.26. The van der Waals surface area contributed by atoms with Crippen molar-refractivity contribution < 1.29 is 4.74 Å². The second-order valence-electron chi connectivity index (χ2n) is 6.68. The van der Waals surface area contributed by atoms with Gasteiger partial charge in [-0.15, -0.1) is 0 Å². The number of hydrogen-bond donors (Lipinski definition) is 0. The van der Waals surface area contributed by atoms with Crippen molar-refractivity contribution in [2.24, 2.45) is 5.41 Å². The maximum absolute atomic E-state index is 5.82. The summed E-state index contributed by atoms with van der Waals surface area (Å²) >= 11 is 0. The maximum Gasteiger partial charge on any atom is 0.133 e. The van der Waals surface area contributed by atoms with Gasteiger partial charge in [0.25, 0.3) is 0 Å². The van der Waals surface area contributed by atoms with Crippen molar-refractivity contribution in [3.63, 3.8) is 0 Å². The minimum atomic E-state index is 0.176. The Morgan fingerprint density at radius 2 is 2.15 bits per heavy atom. The van der Waals surface area contributed by atoms with Gasteiger partial charge in [0.15, 0.2) is 0 Å². The Bertz CT molecular complexity index is 484. The van der Waals surface area contributed by atoms with E-state index in [1.54, 1.807) is 0 Å². The topological polar surface area (TPSA) is 38.2 Å². The molecular formula is C16H25N3O. The van der Waals surface area contributed by atoms with E-state index in [1.807, 2.05) is 12.3 Å². The summed E-state index contributed by atoms with van der Waals surface area (Å²) in [5, 5.41) is 0. The lowest BCUT2D eigenvalue weighted by atomic mass is 9.64. The van der Waals surface area contributed by atoms with Crippen LogP contribution in [0, 0.1) is 5.41 Å². The quantitative estimate of drug-likeness (QED) is 0.828. The van der Waals surface area contributed by atoms with E-state index in [0.29, 0.717) is 18.1 Å². The summed E-state index contributed by atoms with van der Waals surface area (Å²) in [7, 11) is 2.15. The van der Waals surface area contributed by atoms with Crippen LogP contribution in [0.25, 0.3) is 0 Å². The summed E-state index contributed by atoms with van der Waals surface area (Å²) in [6.07, 6.45) is 5.84. The molecular weight excluding hydrogens is 250 g/mol. The Morgan fingerprint density at radius 1 is 1.40 bits per heavy atom. The third-order valence-corrected chi connectivity index (χ3v) is 4.92. The minimum Gasteiger partial charge on any atom is -0.378 e. The summed E-state index contributed by atoms with van der Waals surface area (Å²) < 4.78 is 5.82. The first kappa shape index (κ1) is 13.8. The van der Waals surface area contributed by atoms with E-state index >= 15 is 0 Å². The molecule has 1 aromatic rings. The Morgan fingerprint density at radius 3 is 2.75 bits per heavy atom. The fourth-order valence-corrected chi connectivity index (χ4v) is 3.26. The van der Waals surface area contributed by atoms with Gasteiger partial charge in [-0.2, -0.15) is 0 Å². The van der Waals surface area contributed by atoms with Gasteiger partial charge in [-0.25, -0.2) is 9.97 Å². The molecule has 2 aliphatic rings. The lowest BCUT2D eigenvalue weighted by Gasteiger charge is -2.55. The van der Waals surface area contributed by atoms with Crippen LogP contribution in [0.1, 0.15) is 51.8 Å². The molecule has 3 rings (SSSR count). The molecule has 2 unspecified atom stereocenters. The van der Waals surface area contributed by atoms with E-state index in [2.05, 4.69) is 37.7 Å². The number of hydrogen-bond acceptors (Lipinski definition) is 4. The molecule has 0 N–H and O–H groups in total. The van der Waals surface area contributed by atoms with Gasteiger partial charge in [-0.3, -0.25) is 0 Å². The van der Waals surface area contributed by atoms with E-state index in [-0.39, 0.29) is 5.41 Å². The Labute approximate surface area is 121 Å². The first-order chi connectivity index (χ1) is 9.54. The summed E-state index contributed by atoms with van der Waals surface area (Å²) in [5.41, 5.74) is 0.176. The molecule has 0 spiro atoms. The molecule has 2 fully saturated rings. The number of nitrogens with zero attached hydrogens (tertiary/aromatic N) is 3. The number of ether oxygens (including phenoxy) is 1. The lowest BCUT2D eigenvalue weighted by molar-refractivity contribution is -0.104. The number of anilines is 1. The molecule has 0 aromatic carbocycles. The van der Waals surface area contributed by atoms with Crippen LogP contribution in [-0.4, -0.2) is 35.8 Å². The fraction of sp³-hybridized carbons (Fsp3) is 0.750. The molecule has 0 bridgehead atoms. The zero-order valence-corrected chi connectivity index (χ0v) is 13.0. The van der Waals surface area contributed by atoms with Crippen LogP contribution >= 0.6 is 0 Å². The van der Waals surface area contributed by atoms with Gasteiger partial charge in [0.05, 0.1) is 6.10 Å². The van der Waals surface area contributed by atoms with Crippen molar-refractivity contribution in [3.8, 4) is 0 Å². The lowest BCUT2D eigenvalue weighted by Crippen LogP contribution is -2.61. The van der Waals surface area contributed by atoms with Crippen LogP contribution in [0.2, 0.25) is 0 Å². The second kappa shape index (κ2) is 4.99. The third kappa shape index (κ3) is 2.30. The third-order valence-electron chi connectivity index (χ3n) is 4.92. The number of rotatable bonds is 5. The highest BCUT2D eigenvalue weighted by Gasteiger charge is 2.51. The minimum absolute atomic E-state index is 0.176. The Kier molecular flexibility index (Phi) is 3.44. The van der Waals surface area contributed by atoms with Gasteiger partial charge >= 0.3 is 0 Å². The van der Waals surface area contributed by atoms with Gasteiger partial charge in [-0.1, -0.05) is 13.8 Å². The zero-order valence-electron chi connectivity index (χ0n) is 13.0. The van der Waals surface area contributed by atoms with Crippen LogP contribution in [0.3, 0.4) is 0 Å². The molecule has 4 heteroatoms. The molecule has 0 radical (unpaired) electrons. The molecule has 1 heterocycles. The van der Waals surface area contributed by atoms with Crippen LogP contribution in [-0.2, 0) is 4.74 Å². The van der Waals surface area contributed by atoms with Crippen molar-refractivity contribution in [2.45, 2.75) is 58.1 Å². The molecule has 4 nitrogen and oxygen atoms in total. The average Bonchev–Trinajstić information content (AvgIpc) is 3.27. The van der Waals surface area contributed by atoms with Crippen molar-refractivity contribution in [3.05, 3.63) is 18.1 Å².